The molecule has 4 heteroatoms. The fourth-order valence-electron chi connectivity index (χ4n) is 2.29. The van der Waals surface area contributed by atoms with Gasteiger partial charge in [0.2, 0.25) is 0 Å². The monoisotopic (exact) mass is 248 g/mol. The maximum Gasteiger partial charge on any atom is 0.0813 e. The van der Waals surface area contributed by atoms with Gasteiger partial charge in [0.25, 0.3) is 0 Å². The lowest BCUT2D eigenvalue weighted by molar-refractivity contribution is -0.0510. The third-order valence-corrected chi connectivity index (χ3v) is 4.68. The van der Waals surface area contributed by atoms with Crippen molar-refractivity contribution in [1.82, 2.24) is 4.98 Å². The zero-order chi connectivity index (χ0) is 12.0. The van der Waals surface area contributed by atoms with E-state index in [2.05, 4.69) is 36.3 Å². The van der Waals surface area contributed by atoms with Crippen molar-refractivity contribution in [2.75, 3.05) is 5.32 Å². The summed E-state index contributed by atoms with van der Waals surface area (Å²) in [5.41, 5.74) is 3.99. The van der Waals surface area contributed by atoms with Crippen LogP contribution in [0.1, 0.15) is 20.3 Å². The van der Waals surface area contributed by atoms with Crippen LogP contribution in [0.2, 0.25) is 0 Å². The Morgan fingerprint density at radius 2 is 2.29 bits per heavy atom. The van der Waals surface area contributed by atoms with Gasteiger partial charge < -0.3 is 10.4 Å². The smallest absolute Gasteiger partial charge is 0.0813 e. The fraction of sp³-hybridized carbons (Fsp3) is 0.462. The first-order valence-electron chi connectivity index (χ1n) is 5.85. The summed E-state index contributed by atoms with van der Waals surface area (Å²) in [7, 11) is 0. The predicted molar refractivity (Wildman–Crippen MR) is 71.4 cm³/mol. The van der Waals surface area contributed by atoms with Crippen LogP contribution in [0.15, 0.2) is 23.7 Å². The van der Waals surface area contributed by atoms with E-state index >= 15 is 0 Å². The summed E-state index contributed by atoms with van der Waals surface area (Å²) in [5.74, 6) is 0. The molecule has 17 heavy (non-hydrogen) atoms. The van der Waals surface area contributed by atoms with E-state index in [1.807, 2.05) is 11.6 Å². The second-order valence-electron chi connectivity index (χ2n) is 5.30. The number of aliphatic hydroxyl groups excluding tert-OH is 1. The molecule has 0 spiro atoms. The van der Waals surface area contributed by atoms with Gasteiger partial charge in [0.1, 0.15) is 0 Å². The maximum absolute atomic E-state index is 9.71. The molecule has 1 heterocycles. The van der Waals surface area contributed by atoms with Crippen molar-refractivity contribution in [2.24, 2.45) is 5.41 Å². The van der Waals surface area contributed by atoms with E-state index in [-0.39, 0.29) is 11.5 Å². The highest BCUT2D eigenvalue weighted by Gasteiger charge is 2.47. The Labute approximate surface area is 105 Å². The first-order valence-corrected chi connectivity index (χ1v) is 6.73. The molecule has 2 atom stereocenters. The first kappa shape index (κ1) is 11.0. The van der Waals surface area contributed by atoms with Gasteiger partial charge in [-0.2, -0.15) is 0 Å². The molecule has 1 aliphatic carbocycles. The number of aromatic nitrogens is 1. The molecule has 3 nitrogen and oxygen atoms in total. The van der Waals surface area contributed by atoms with E-state index < -0.39 is 0 Å². The van der Waals surface area contributed by atoms with E-state index in [1.165, 1.54) is 4.70 Å². The highest BCUT2D eigenvalue weighted by Crippen LogP contribution is 2.42. The molecule has 0 amide bonds. The van der Waals surface area contributed by atoms with E-state index in [4.69, 9.17) is 0 Å². The van der Waals surface area contributed by atoms with Gasteiger partial charge >= 0.3 is 0 Å². The predicted octanol–water partition coefficient (Wildman–Crippen LogP) is 2.87. The topological polar surface area (TPSA) is 45.1 Å². The van der Waals surface area contributed by atoms with Crippen LogP contribution in [-0.4, -0.2) is 22.2 Å². The average molecular weight is 248 g/mol. The molecule has 2 unspecified atom stereocenters. The molecular weight excluding hydrogens is 232 g/mol. The molecule has 2 N–H and O–H groups in total. The number of thiazole rings is 1. The SMILES string of the molecule is CC1(C)C(O)CC1Nc1ccc2ncsc2c1. The van der Waals surface area contributed by atoms with E-state index in [9.17, 15) is 5.11 Å². The Balaban J connectivity index is 1.81. The molecular formula is C13H16N2OS. The van der Waals surface area contributed by atoms with Crippen molar-refractivity contribution in [3.05, 3.63) is 23.7 Å². The van der Waals surface area contributed by atoms with Crippen molar-refractivity contribution in [3.8, 4) is 0 Å². The molecule has 0 radical (unpaired) electrons. The molecule has 0 saturated heterocycles. The molecule has 1 aromatic heterocycles. The molecule has 1 aliphatic rings. The molecule has 90 valence electrons. The number of rotatable bonds is 2. The van der Waals surface area contributed by atoms with Crippen LogP contribution < -0.4 is 5.32 Å². The van der Waals surface area contributed by atoms with Crippen LogP contribution in [0.25, 0.3) is 10.2 Å². The van der Waals surface area contributed by atoms with Gasteiger partial charge in [-0.3, -0.25) is 0 Å². The van der Waals surface area contributed by atoms with Gasteiger partial charge in [0, 0.05) is 17.1 Å². The van der Waals surface area contributed by atoms with Crippen molar-refractivity contribution in [2.45, 2.75) is 32.4 Å². The summed E-state index contributed by atoms with van der Waals surface area (Å²) in [6.45, 7) is 4.20. The zero-order valence-corrected chi connectivity index (χ0v) is 10.8. The quantitative estimate of drug-likeness (QED) is 0.859. The van der Waals surface area contributed by atoms with Crippen LogP contribution >= 0.6 is 11.3 Å². The Morgan fingerprint density at radius 3 is 3.00 bits per heavy atom. The number of anilines is 1. The molecule has 0 aliphatic heterocycles. The summed E-state index contributed by atoms with van der Waals surface area (Å²) in [6, 6.07) is 6.58. The third kappa shape index (κ3) is 1.72. The van der Waals surface area contributed by atoms with E-state index in [0.717, 1.165) is 17.6 Å². The Bertz CT molecular complexity index is 549. The number of nitrogens with zero attached hydrogens (tertiary/aromatic N) is 1. The normalized spacial score (nSPS) is 26.8. The lowest BCUT2D eigenvalue weighted by Crippen LogP contribution is -2.56. The first-order chi connectivity index (χ1) is 8.07. The number of hydrogen-bond acceptors (Lipinski definition) is 4. The van der Waals surface area contributed by atoms with Gasteiger partial charge in [-0.25, -0.2) is 4.98 Å². The van der Waals surface area contributed by atoms with Crippen molar-refractivity contribution >= 4 is 27.2 Å². The summed E-state index contributed by atoms with van der Waals surface area (Å²) in [6.07, 6.45) is 0.639. The average Bonchev–Trinajstić information content (AvgIpc) is 2.76. The number of hydrogen-bond donors (Lipinski definition) is 2. The molecule has 1 fully saturated rings. The summed E-state index contributed by atoms with van der Waals surface area (Å²) in [4.78, 5) is 4.26. The maximum atomic E-state index is 9.71. The molecule has 2 aromatic rings. The second kappa shape index (κ2) is 3.68. The van der Waals surface area contributed by atoms with Crippen molar-refractivity contribution in [3.63, 3.8) is 0 Å². The van der Waals surface area contributed by atoms with Crippen LogP contribution in [-0.2, 0) is 0 Å². The van der Waals surface area contributed by atoms with Crippen molar-refractivity contribution < 1.29 is 5.11 Å². The minimum atomic E-state index is -0.188. The standard InChI is InChI=1S/C13H16N2OS/c1-13(2)11(6-12(13)16)15-8-3-4-9-10(5-8)17-7-14-9/h3-5,7,11-12,15-16H,6H2,1-2H3. The lowest BCUT2D eigenvalue weighted by Gasteiger charge is -2.49. The van der Waals surface area contributed by atoms with Crippen LogP contribution in [0.3, 0.4) is 0 Å². The largest absolute Gasteiger partial charge is 0.392 e. The van der Waals surface area contributed by atoms with Crippen LogP contribution in [0.5, 0.6) is 0 Å². The minimum Gasteiger partial charge on any atom is -0.392 e. The molecule has 1 saturated carbocycles. The Hall–Kier alpha value is -1.13. The fourth-order valence-corrected chi connectivity index (χ4v) is 3.01. The van der Waals surface area contributed by atoms with Gasteiger partial charge in [0.05, 0.1) is 21.8 Å². The molecule has 3 rings (SSSR count). The minimum absolute atomic E-state index is 0.0390. The van der Waals surface area contributed by atoms with Crippen molar-refractivity contribution in [1.29, 1.82) is 0 Å². The summed E-state index contributed by atoms with van der Waals surface area (Å²) in [5, 5.41) is 13.2. The lowest BCUT2D eigenvalue weighted by atomic mass is 9.64. The van der Waals surface area contributed by atoms with E-state index in [1.54, 1.807) is 11.3 Å². The second-order valence-corrected chi connectivity index (χ2v) is 6.19. The van der Waals surface area contributed by atoms with Gasteiger partial charge in [-0.15, -0.1) is 11.3 Å². The van der Waals surface area contributed by atoms with Gasteiger partial charge in [-0.05, 0) is 24.6 Å². The van der Waals surface area contributed by atoms with Gasteiger partial charge in [-0.1, -0.05) is 13.8 Å². The van der Waals surface area contributed by atoms with E-state index in [0.29, 0.717) is 6.04 Å². The number of nitrogens with one attached hydrogen (secondary N) is 1. The van der Waals surface area contributed by atoms with Crippen LogP contribution in [0, 0.1) is 5.41 Å². The molecule has 1 aromatic carbocycles. The number of aliphatic hydroxyl groups is 1. The highest BCUT2D eigenvalue weighted by molar-refractivity contribution is 7.16. The molecule has 0 bridgehead atoms. The van der Waals surface area contributed by atoms with Crippen LogP contribution in [0.4, 0.5) is 5.69 Å². The Kier molecular flexibility index (Phi) is 2.38. The third-order valence-electron chi connectivity index (χ3n) is 3.89. The van der Waals surface area contributed by atoms with Gasteiger partial charge in [0.15, 0.2) is 0 Å². The summed E-state index contributed by atoms with van der Waals surface area (Å²) >= 11 is 1.65. The summed E-state index contributed by atoms with van der Waals surface area (Å²) < 4.78 is 1.20. The zero-order valence-electron chi connectivity index (χ0n) is 9.97. The Morgan fingerprint density at radius 1 is 1.47 bits per heavy atom. The number of fused-ring (bicyclic) bond motifs is 1. The highest BCUT2D eigenvalue weighted by atomic mass is 32.1. The number of benzene rings is 1.